The Morgan fingerprint density at radius 1 is 1.00 bits per heavy atom. The van der Waals surface area contributed by atoms with E-state index < -0.39 is 0 Å². The maximum atomic E-state index is 4.67. The van der Waals surface area contributed by atoms with E-state index in [1.165, 1.54) is 42.4 Å². The minimum atomic E-state index is 0.0986. The van der Waals surface area contributed by atoms with Gasteiger partial charge >= 0.3 is 0 Å². The summed E-state index contributed by atoms with van der Waals surface area (Å²) in [4.78, 5) is 4.67. The van der Waals surface area contributed by atoms with Crippen molar-refractivity contribution in [2.75, 3.05) is 5.32 Å². The van der Waals surface area contributed by atoms with E-state index in [0.29, 0.717) is 0 Å². The number of allylic oxidation sites excluding steroid dienone is 1. The maximum Gasteiger partial charge on any atom is 0.126 e. The third kappa shape index (κ3) is 2.14. The van der Waals surface area contributed by atoms with Gasteiger partial charge in [0.15, 0.2) is 0 Å². The van der Waals surface area contributed by atoms with Crippen LogP contribution in [0.15, 0.2) is 60.8 Å². The van der Waals surface area contributed by atoms with Crippen LogP contribution in [0.5, 0.6) is 0 Å². The fraction of sp³-hybridized carbons (Fsp3) is 0.350. The van der Waals surface area contributed by atoms with Gasteiger partial charge in [0.1, 0.15) is 5.82 Å². The lowest BCUT2D eigenvalue weighted by molar-refractivity contribution is 0.791. The fourth-order valence-corrected chi connectivity index (χ4v) is 3.45. The van der Waals surface area contributed by atoms with Crippen molar-refractivity contribution in [2.45, 2.75) is 43.6 Å². The lowest BCUT2D eigenvalue weighted by atomic mass is 9.91. The molecule has 1 aromatic heterocycles. The van der Waals surface area contributed by atoms with Crippen LogP contribution >= 0.6 is 0 Å². The Balaban J connectivity index is 1.54. The van der Waals surface area contributed by atoms with Crippen molar-refractivity contribution >= 4 is 5.82 Å². The predicted molar refractivity (Wildman–Crippen MR) is 90.9 cm³/mol. The highest BCUT2D eigenvalue weighted by molar-refractivity contribution is 5.48. The summed E-state index contributed by atoms with van der Waals surface area (Å²) >= 11 is 0. The number of hydrogen-bond acceptors (Lipinski definition) is 2. The summed E-state index contributed by atoms with van der Waals surface area (Å²) in [6.45, 7) is 6.29. The van der Waals surface area contributed by atoms with Gasteiger partial charge in [0.2, 0.25) is 0 Å². The molecule has 0 bridgehead atoms. The van der Waals surface area contributed by atoms with Gasteiger partial charge in [0.05, 0.1) is 5.54 Å². The molecule has 2 fully saturated rings. The van der Waals surface area contributed by atoms with Crippen molar-refractivity contribution in [3.63, 3.8) is 0 Å². The Bertz CT molecular complexity index is 692. The molecule has 0 aliphatic heterocycles. The molecule has 1 aromatic carbocycles. The Morgan fingerprint density at radius 3 is 2.23 bits per heavy atom. The standard InChI is InChI=1S/C20H22N2/c1-15(2)19(10-11-19)17-8-9-18(21-14-17)22-20(12-13-20)16-6-4-3-5-7-16/h3-9,14H,1,10-13H2,2H3,(H,21,22). The van der Waals surface area contributed by atoms with Crippen molar-refractivity contribution in [2.24, 2.45) is 0 Å². The van der Waals surface area contributed by atoms with Crippen LogP contribution in [0.1, 0.15) is 43.7 Å². The van der Waals surface area contributed by atoms with Crippen LogP contribution in [-0.4, -0.2) is 4.98 Å². The highest BCUT2D eigenvalue weighted by Crippen LogP contribution is 2.53. The van der Waals surface area contributed by atoms with E-state index in [1.54, 1.807) is 0 Å². The minimum Gasteiger partial charge on any atom is -0.361 e. The van der Waals surface area contributed by atoms with E-state index in [-0.39, 0.29) is 11.0 Å². The van der Waals surface area contributed by atoms with Gasteiger partial charge in [0, 0.05) is 11.6 Å². The number of hydrogen-bond donors (Lipinski definition) is 1. The largest absolute Gasteiger partial charge is 0.361 e. The van der Waals surface area contributed by atoms with Crippen molar-refractivity contribution in [3.05, 3.63) is 71.9 Å². The van der Waals surface area contributed by atoms with Crippen molar-refractivity contribution in [1.29, 1.82) is 0 Å². The molecule has 2 nitrogen and oxygen atoms in total. The van der Waals surface area contributed by atoms with Crippen LogP contribution in [0.2, 0.25) is 0 Å². The zero-order valence-electron chi connectivity index (χ0n) is 13.1. The van der Waals surface area contributed by atoms with E-state index in [1.807, 2.05) is 6.20 Å². The molecule has 2 saturated carbocycles. The SMILES string of the molecule is C=C(C)C1(c2ccc(NC3(c4ccccc4)CC3)nc2)CC1. The molecule has 112 valence electrons. The number of nitrogens with one attached hydrogen (secondary N) is 1. The molecule has 22 heavy (non-hydrogen) atoms. The lowest BCUT2D eigenvalue weighted by Crippen LogP contribution is -2.19. The summed E-state index contributed by atoms with van der Waals surface area (Å²) in [5.74, 6) is 0.975. The predicted octanol–water partition coefficient (Wildman–Crippen LogP) is 4.79. The number of rotatable bonds is 5. The third-order valence-electron chi connectivity index (χ3n) is 5.33. The van der Waals surface area contributed by atoms with Gasteiger partial charge in [-0.15, -0.1) is 0 Å². The van der Waals surface area contributed by atoms with Crippen LogP contribution in [0.25, 0.3) is 0 Å². The van der Waals surface area contributed by atoms with E-state index in [9.17, 15) is 0 Å². The first-order valence-corrected chi connectivity index (χ1v) is 8.11. The molecule has 0 radical (unpaired) electrons. The third-order valence-corrected chi connectivity index (χ3v) is 5.33. The number of benzene rings is 1. The summed E-state index contributed by atoms with van der Waals surface area (Å²) in [5, 5.41) is 3.64. The van der Waals surface area contributed by atoms with Crippen LogP contribution in [-0.2, 0) is 11.0 Å². The summed E-state index contributed by atoms with van der Waals surface area (Å²) in [5.41, 5.74) is 4.25. The molecule has 0 atom stereocenters. The molecular weight excluding hydrogens is 268 g/mol. The van der Waals surface area contributed by atoms with Gasteiger partial charge in [-0.25, -0.2) is 4.98 Å². The first kappa shape index (κ1) is 13.6. The normalized spacial score (nSPS) is 20.2. The summed E-state index contributed by atoms with van der Waals surface area (Å²) in [6, 6.07) is 15.0. The Hall–Kier alpha value is -2.09. The van der Waals surface area contributed by atoms with Gasteiger partial charge in [-0.2, -0.15) is 0 Å². The Kier molecular flexibility index (Phi) is 2.90. The monoisotopic (exact) mass is 290 g/mol. The Morgan fingerprint density at radius 2 is 1.73 bits per heavy atom. The highest BCUT2D eigenvalue weighted by Gasteiger charge is 2.46. The molecule has 2 aliphatic carbocycles. The molecule has 0 spiro atoms. The van der Waals surface area contributed by atoms with Crippen molar-refractivity contribution in [3.8, 4) is 0 Å². The van der Waals surface area contributed by atoms with E-state index >= 15 is 0 Å². The average Bonchev–Trinajstić information content (AvgIpc) is 3.44. The number of anilines is 1. The first-order chi connectivity index (χ1) is 10.6. The van der Waals surface area contributed by atoms with Crippen LogP contribution in [0.3, 0.4) is 0 Å². The molecular formula is C20H22N2. The fourth-order valence-electron chi connectivity index (χ4n) is 3.45. The van der Waals surface area contributed by atoms with Crippen molar-refractivity contribution in [1.82, 2.24) is 4.98 Å². The highest BCUT2D eigenvalue weighted by atomic mass is 15.1. The van der Waals surface area contributed by atoms with Gasteiger partial charge in [-0.05, 0) is 49.8 Å². The smallest absolute Gasteiger partial charge is 0.126 e. The maximum absolute atomic E-state index is 4.67. The second kappa shape index (κ2) is 4.70. The van der Waals surface area contributed by atoms with Crippen LogP contribution in [0, 0.1) is 0 Å². The number of nitrogens with zero attached hydrogens (tertiary/aromatic N) is 1. The lowest BCUT2D eigenvalue weighted by Gasteiger charge is -2.20. The van der Waals surface area contributed by atoms with Gasteiger partial charge in [-0.3, -0.25) is 0 Å². The second-order valence-corrected chi connectivity index (χ2v) is 6.87. The molecule has 1 heterocycles. The quantitative estimate of drug-likeness (QED) is 0.801. The molecule has 2 aromatic rings. The summed E-state index contributed by atoms with van der Waals surface area (Å²) < 4.78 is 0. The van der Waals surface area contributed by atoms with E-state index in [4.69, 9.17) is 0 Å². The number of aromatic nitrogens is 1. The minimum absolute atomic E-state index is 0.0986. The van der Waals surface area contributed by atoms with Crippen LogP contribution < -0.4 is 5.32 Å². The molecule has 0 saturated heterocycles. The zero-order valence-corrected chi connectivity index (χ0v) is 13.1. The van der Waals surface area contributed by atoms with Crippen LogP contribution in [0.4, 0.5) is 5.82 Å². The van der Waals surface area contributed by atoms with E-state index in [0.717, 1.165) is 5.82 Å². The zero-order chi connectivity index (χ0) is 15.2. The topological polar surface area (TPSA) is 24.9 Å². The summed E-state index contributed by atoms with van der Waals surface area (Å²) in [7, 11) is 0. The molecule has 0 unspecified atom stereocenters. The average molecular weight is 290 g/mol. The molecule has 2 aliphatic rings. The first-order valence-electron chi connectivity index (χ1n) is 8.11. The molecule has 4 rings (SSSR count). The van der Waals surface area contributed by atoms with Gasteiger partial charge in [-0.1, -0.05) is 48.6 Å². The van der Waals surface area contributed by atoms with Gasteiger partial charge < -0.3 is 5.32 Å². The summed E-state index contributed by atoms with van der Waals surface area (Å²) in [6.07, 6.45) is 6.81. The Labute approximate surface area is 132 Å². The molecule has 2 heteroatoms. The molecule has 1 N–H and O–H groups in total. The second-order valence-electron chi connectivity index (χ2n) is 6.87. The number of pyridine rings is 1. The van der Waals surface area contributed by atoms with Crippen molar-refractivity contribution < 1.29 is 0 Å². The van der Waals surface area contributed by atoms with Gasteiger partial charge in [0.25, 0.3) is 0 Å². The molecule has 0 amide bonds. The van der Waals surface area contributed by atoms with E-state index in [2.05, 4.69) is 66.3 Å².